The standard InChI is InChI=1S/C6H7N.C2H8N2/c1-6-4-2-3-5-7-6;3-1-2-4/h2-5H,1H3;1-4H2. The lowest BCUT2D eigenvalue weighted by Crippen LogP contribution is -2.11. The molecule has 0 saturated heterocycles. The van der Waals surface area contributed by atoms with Gasteiger partial charge in [-0.2, -0.15) is 0 Å². The lowest BCUT2D eigenvalue weighted by atomic mass is 10.4. The maximum atomic E-state index is 4.90. The average molecular weight is 153 g/mol. The highest BCUT2D eigenvalue weighted by atomic mass is 14.6. The van der Waals surface area contributed by atoms with Crippen LogP contribution >= 0.6 is 0 Å². The molecule has 0 aliphatic rings. The number of nitrogens with two attached hydrogens (primary N) is 2. The molecule has 0 radical (unpaired) electrons. The summed E-state index contributed by atoms with van der Waals surface area (Å²) in [5.41, 5.74) is 10.9. The Morgan fingerprint density at radius 2 is 1.91 bits per heavy atom. The van der Waals surface area contributed by atoms with Crippen molar-refractivity contribution in [3.63, 3.8) is 0 Å². The van der Waals surface area contributed by atoms with Crippen molar-refractivity contribution in [2.45, 2.75) is 6.92 Å². The van der Waals surface area contributed by atoms with Gasteiger partial charge in [-0.3, -0.25) is 4.98 Å². The fraction of sp³-hybridized carbons (Fsp3) is 0.375. The summed E-state index contributed by atoms with van der Waals surface area (Å²) in [7, 11) is 0. The summed E-state index contributed by atoms with van der Waals surface area (Å²) in [4.78, 5) is 3.98. The van der Waals surface area contributed by atoms with Crippen LogP contribution in [0.1, 0.15) is 5.69 Å². The van der Waals surface area contributed by atoms with Crippen molar-refractivity contribution in [3.05, 3.63) is 30.1 Å². The monoisotopic (exact) mass is 153 g/mol. The molecule has 1 rings (SSSR count). The number of pyridine rings is 1. The molecule has 0 bridgehead atoms. The summed E-state index contributed by atoms with van der Waals surface area (Å²) in [6.07, 6.45) is 1.79. The lowest BCUT2D eigenvalue weighted by molar-refractivity contribution is 0.976. The van der Waals surface area contributed by atoms with E-state index in [2.05, 4.69) is 4.98 Å². The molecule has 62 valence electrons. The van der Waals surface area contributed by atoms with E-state index in [4.69, 9.17) is 11.5 Å². The van der Waals surface area contributed by atoms with Crippen LogP contribution in [0.3, 0.4) is 0 Å². The summed E-state index contributed by atoms with van der Waals surface area (Å²) in [5, 5.41) is 0. The SMILES string of the molecule is Cc1ccccn1.NCCN. The van der Waals surface area contributed by atoms with Gasteiger partial charge >= 0.3 is 0 Å². The van der Waals surface area contributed by atoms with Crippen molar-refractivity contribution in [1.29, 1.82) is 0 Å². The van der Waals surface area contributed by atoms with Crippen LogP contribution in [0, 0.1) is 6.92 Å². The molecule has 3 heteroatoms. The molecular weight excluding hydrogens is 138 g/mol. The maximum Gasteiger partial charge on any atom is 0.0372 e. The van der Waals surface area contributed by atoms with E-state index in [0.717, 1.165) is 5.69 Å². The molecular formula is C8H15N3. The molecule has 0 aliphatic heterocycles. The van der Waals surface area contributed by atoms with E-state index in [1.165, 1.54) is 0 Å². The minimum Gasteiger partial charge on any atom is -0.329 e. The Bertz CT molecular complexity index is 160. The highest BCUT2D eigenvalue weighted by molar-refractivity contribution is 4.99. The van der Waals surface area contributed by atoms with Crippen molar-refractivity contribution < 1.29 is 0 Å². The van der Waals surface area contributed by atoms with Gasteiger partial charge < -0.3 is 11.5 Å². The molecule has 0 saturated carbocycles. The van der Waals surface area contributed by atoms with Gasteiger partial charge in [0, 0.05) is 25.0 Å². The van der Waals surface area contributed by atoms with Gasteiger partial charge in [0.05, 0.1) is 0 Å². The van der Waals surface area contributed by atoms with Gasteiger partial charge in [0.25, 0.3) is 0 Å². The summed E-state index contributed by atoms with van der Waals surface area (Å²) in [6, 6.07) is 5.86. The van der Waals surface area contributed by atoms with Crippen LogP contribution in [0.15, 0.2) is 24.4 Å². The number of hydrogen-bond donors (Lipinski definition) is 2. The molecule has 0 spiro atoms. The Kier molecular flexibility index (Phi) is 6.57. The molecule has 11 heavy (non-hydrogen) atoms. The first-order valence-electron chi connectivity index (χ1n) is 3.59. The van der Waals surface area contributed by atoms with Gasteiger partial charge in [0.1, 0.15) is 0 Å². The van der Waals surface area contributed by atoms with Crippen molar-refractivity contribution in [3.8, 4) is 0 Å². The van der Waals surface area contributed by atoms with E-state index in [1.54, 1.807) is 6.20 Å². The minimum atomic E-state index is 0.597. The third-order valence-corrected chi connectivity index (χ3v) is 0.979. The van der Waals surface area contributed by atoms with Crippen molar-refractivity contribution in [2.75, 3.05) is 13.1 Å². The Balaban J connectivity index is 0.000000218. The largest absolute Gasteiger partial charge is 0.329 e. The Hall–Kier alpha value is -0.930. The molecule has 3 nitrogen and oxygen atoms in total. The van der Waals surface area contributed by atoms with Crippen molar-refractivity contribution in [1.82, 2.24) is 4.98 Å². The van der Waals surface area contributed by atoms with E-state index in [-0.39, 0.29) is 0 Å². The molecule has 0 amide bonds. The Labute approximate surface area is 67.4 Å². The van der Waals surface area contributed by atoms with Gasteiger partial charge in [0.15, 0.2) is 0 Å². The molecule has 1 aromatic heterocycles. The van der Waals surface area contributed by atoms with E-state index in [0.29, 0.717) is 13.1 Å². The first-order valence-corrected chi connectivity index (χ1v) is 3.59. The lowest BCUT2D eigenvalue weighted by Gasteiger charge is -1.82. The highest BCUT2D eigenvalue weighted by Crippen LogP contribution is 1.85. The zero-order chi connectivity index (χ0) is 8.53. The molecule has 0 aliphatic carbocycles. The van der Waals surface area contributed by atoms with Crippen LogP contribution in [0.2, 0.25) is 0 Å². The van der Waals surface area contributed by atoms with Gasteiger partial charge in [-0.1, -0.05) is 6.07 Å². The fourth-order valence-corrected chi connectivity index (χ4v) is 0.448. The molecule has 0 aromatic carbocycles. The normalized spacial score (nSPS) is 8.27. The molecule has 4 N–H and O–H groups in total. The number of nitrogens with zero attached hydrogens (tertiary/aromatic N) is 1. The average Bonchev–Trinajstić information content (AvgIpc) is 2.07. The Morgan fingerprint density at radius 1 is 1.27 bits per heavy atom. The summed E-state index contributed by atoms with van der Waals surface area (Å²) >= 11 is 0. The second-order valence-corrected chi connectivity index (χ2v) is 2.05. The van der Waals surface area contributed by atoms with Crippen LogP contribution in [0.25, 0.3) is 0 Å². The second-order valence-electron chi connectivity index (χ2n) is 2.05. The molecule has 1 aromatic rings. The van der Waals surface area contributed by atoms with E-state index in [9.17, 15) is 0 Å². The van der Waals surface area contributed by atoms with Crippen molar-refractivity contribution >= 4 is 0 Å². The second kappa shape index (κ2) is 7.18. The fourth-order valence-electron chi connectivity index (χ4n) is 0.448. The van der Waals surface area contributed by atoms with E-state index in [1.807, 2.05) is 25.1 Å². The summed E-state index contributed by atoms with van der Waals surface area (Å²) in [6.45, 7) is 3.17. The molecule has 1 heterocycles. The molecule has 0 atom stereocenters. The minimum absolute atomic E-state index is 0.597. The third kappa shape index (κ3) is 6.96. The predicted octanol–water partition coefficient (Wildman–Crippen LogP) is 0.294. The van der Waals surface area contributed by atoms with Crippen LogP contribution in [0.5, 0.6) is 0 Å². The summed E-state index contributed by atoms with van der Waals surface area (Å²) in [5.74, 6) is 0. The van der Waals surface area contributed by atoms with Crippen LogP contribution < -0.4 is 11.5 Å². The maximum absolute atomic E-state index is 4.90. The summed E-state index contributed by atoms with van der Waals surface area (Å²) < 4.78 is 0. The quantitative estimate of drug-likeness (QED) is 0.609. The number of rotatable bonds is 1. The highest BCUT2D eigenvalue weighted by Gasteiger charge is 1.73. The molecule has 0 unspecified atom stereocenters. The smallest absolute Gasteiger partial charge is 0.0372 e. The number of aromatic nitrogens is 1. The predicted molar refractivity (Wildman–Crippen MR) is 47.1 cm³/mol. The van der Waals surface area contributed by atoms with Crippen LogP contribution in [-0.4, -0.2) is 18.1 Å². The third-order valence-electron chi connectivity index (χ3n) is 0.979. The zero-order valence-corrected chi connectivity index (χ0v) is 6.83. The first kappa shape index (κ1) is 10.1. The van der Waals surface area contributed by atoms with Gasteiger partial charge in [-0.05, 0) is 19.1 Å². The van der Waals surface area contributed by atoms with Gasteiger partial charge in [0.2, 0.25) is 0 Å². The van der Waals surface area contributed by atoms with E-state index < -0.39 is 0 Å². The number of hydrogen-bond acceptors (Lipinski definition) is 3. The van der Waals surface area contributed by atoms with Gasteiger partial charge in [-0.15, -0.1) is 0 Å². The van der Waals surface area contributed by atoms with Crippen LogP contribution in [-0.2, 0) is 0 Å². The Morgan fingerprint density at radius 3 is 2.09 bits per heavy atom. The molecule has 0 fully saturated rings. The van der Waals surface area contributed by atoms with Crippen molar-refractivity contribution in [2.24, 2.45) is 11.5 Å². The first-order chi connectivity index (χ1) is 5.31. The van der Waals surface area contributed by atoms with Crippen LogP contribution in [0.4, 0.5) is 0 Å². The number of aryl methyl sites for hydroxylation is 1. The van der Waals surface area contributed by atoms with E-state index >= 15 is 0 Å². The van der Waals surface area contributed by atoms with Gasteiger partial charge in [-0.25, -0.2) is 0 Å². The zero-order valence-electron chi connectivity index (χ0n) is 6.83. The topological polar surface area (TPSA) is 64.9 Å².